The Balaban J connectivity index is 0. The molecule has 0 unspecified atom stereocenters. The molecule has 0 radical (unpaired) electrons. The highest BCUT2D eigenvalue weighted by Crippen LogP contribution is 1.85. The zero-order chi connectivity index (χ0) is 13.1. The molecule has 0 spiro atoms. The third kappa shape index (κ3) is 8.41. The maximum Gasteiger partial charge on any atom is 0.188 e. The number of aliphatic hydroxyl groups is 6. The SMILES string of the molecule is O=C(CO)[C@H](O)CO.O=C[C@@H](O)[C@H](O)CO. The summed E-state index contributed by atoms with van der Waals surface area (Å²) in [6.45, 7) is -1.94. The Morgan fingerprint density at radius 3 is 1.69 bits per heavy atom. The summed E-state index contributed by atoms with van der Waals surface area (Å²) >= 11 is 0. The summed E-state index contributed by atoms with van der Waals surface area (Å²) in [5.41, 5.74) is 0. The topological polar surface area (TPSA) is 156 Å². The van der Waals surface area contributed by atoms with E-state index in [9.17, 15) is 9.59 Å². The average Bonchev–Trinajstić information content (AvgIpc) is 2.35. The summed E-state index contributed by atoms with van der Waals surface area (Å²) in [5.74, 6) is -0.757. The predicted octanol–water partition coefficient (Wildman–Crippen LogP) is -4.20. The molecule has 3 atom stereocenters. The molecule has 0 aliphatic heterocycles. The van der Waals surface area contributed by atoms with Crippen LogP contribution in [0.15, 0.2) is 0 Å². The number of Topliss-reactive ketones (excluding diaryl/α,β-unsaturated/α-hetero) is 1. The normalized spacial score (nSPS) is 15.4. The molecule has 16 heavy (non-hydrogen) atoms. The van der Waals surface area contributed by atoms with Crippen LogP contribution in [0.2, 0.25) is 0 Å². The molecule has 8 heteroatoms. The zero-order valence-electron chi connectivity index (χ0n) is 8.43. The molecule has 0 aromatic rings. The van der Waals surface area contributed by atoms with Crippen LogP contribution in [0.3, 0.4) is 0 Å². The summed E-state index contributed by atoms with van der Waals surface area (Å²) in [6, 6.07) is 0. The second-order valence-electron chi connectivity index (χ2n) is 2.70. The van der Waals surface area contributed by atoms with Crippen LogP contribution < -0.4 is 0 Å². The number of ketones is 1. The zero-order valence-corrected chi connectivity index (χ0v) is 8.43. The van der Waals surface area contributed by atoms with E-state index in [0.717, 1.165) is 0 Å². The van der Waals surface area contributed by atoms with Gasteiger partial charge >= 0.3 is 0 Å². The highest BCUT2D eigenvalue weighted by Gasteiger charge is 2.12. The highest BCUT2D eigenvalue weighted by atomic mass is 16.4. The van der Waals surface area contributed by atoms with Crippen LogP contribution in [0.1, 0.15) is 0 Å². The maximum atomic E-state index is 10.1. The van der Waals surface area contributed by atoms with Crippen LogP contribution >= 0.6 is 0 Å². The minimum atomic E-state index is -1.46. The van der Waals surface area contributed by atoms with Gasteiger partial charge < -0.3 is 35.4 Å². The number of aldehydes is 1. The molecule has 0 amide bonds. The lowest BCUT2D eigenvalue weighted by atomic mass is 10.2. The fraction of sp³-hybridized carbons (Fsp3) is 0.750. The largest absolute Gasteiger partial charge is 0.394 e. The van der Waals surface area contributed by atoms with Crippen LogP contribution in [0.4, 0.5) is 0 Å². The van der Waals surface area contributed by atoms with Crippen LogP contribution in [0.5, 0.6) is 0 Å². The Kier molecular flexibility index (Phi) is 11.6. The molecule has 0 saturated carbocycles. The Morgan fingerprint density at radius 1 is 1.06 bits per heavy atom. The second-order valence-corrected chi connectivity index (χ2v) is 2.70. The molecule has 8 nitrogen and oxygen atoms in total. The van der Waals surface area contributed by atoms with E-state index in [1.165, 1.54) is 0 Å². The van der Waals surface area contributed by atoms with Crippen molar-refractivity contribution in [2.45, 2.75) is 18.3 Å². The molecule has 0 aromatic carbocycles. The lowest BCUT2D eigenvalue weighted by molar-refractivity contribution is -0.131. The van der Waals surface area contributed by atoms with E-state index < -0.39 is 43.9 Å². The summed E-state index contributed by atoms with van der Waals surface area (Å²) in [6.07, 6.45) is -4.05. The third-order valence-corrected chi connectivity index (χ3v) is 1.42. The molecule has 0 aliphatic rings. The van der Waals surface area contributed by atoms with Gasteiger partial charge in [0.1, 0.15) is 24.9 Å². The Labute approximate surface area is 91.4 Å². The van der Waals surface area contributed by atoms with Gasteiger partial charge in [-0.15, -0.1) is 0 Å². The minimum Gasteiger partial charge on any atom is -0.394 e. The van der Waals surface area contributed by atoms with Crippen molar-refractivity contribution in [3.63, 3.8) is 0 Å². The van der Waals surface area contributed by atoms with Gasteiger partial charge in [0.05, 0.1) is 13.2 Å². The van der Waals surface area contributed by atoms with Gasteiger partial charge in [-0.05, 0) is 0 Å². The van der Waals surface area contributed by atoms with Gasteiger partial charge in [-0.3, -0.25) is 4.79 Å². The quantitative estimate of drug-likeness (QED) is 0.255. The van der Waals surface area contributed by atoms with E-state index in [1.807, 2.05) is 0 Å². The molecule has 0 saturated heterocycles. The van der Waals surface area contributed by atoms with Crippen molar-refractivity contribution in [2.75, 3.05) is 19.8 Å². The van der Waals surface area contributed by atoms with Crippen molar-refractivity contribution in [2.24, 2.45) is 0 Å². The lowest BCUT2D eigenvalue weighted by Gasteiger charge is -2.06. The van der Waals surface area contributed by atoms with Crippen molar-refractivity contribution >= 4 is 12.1 Å². The molecule has 0 rings (SSSR count). The van der Waals surface area contributed by atoms with Crippen LogP contribution in [-0.4, -0.2) is 80.8 Å². The fourth-order valence-corrected chi connectivity index (χ4v) is 0.406. The van der Waals surface area contributed by atoms with Gasteiger partial charge in [0.2, 0.25) is 0 Å². The van der Waals surface area contributed by atoms with Crippen molar-refractivity contribution in [3.05, 3.63) is 0 Å². The maximum absolute atomic E-state index is 10.1. The fourth-order valence-electron chi connectivity index (χ4n) is 0.406. The lowest BCUT2D eigenvalue weighted by Crippen LogP contribution is -2.30. The third-order valence-electron chi connectivity index (χ3n) is 1.42. The van der Waals surface area contributed by atoms with E-state index in [4.69, 9.17) is 30.6 Å². The van der Waals surface area contributed by atoms with E-state index in [1.54, 1.807) is 0 Å². The molecular formula is C8H16O8. The van der Waals surface area contributed by atoms with E-state index in [2.05, 4.69) is 0 Å². The van der Waals surface area contributed by atoms with Gasteiger partial charge in [-0.25, -0.2) is 0 Å². The Morgan fingerprint density at radius 2 is 1.56 bits per heavy atom. The van der Waals surface area contributed by atoms with Gasteiger partial charge in [-0.2, -0.15) is 0 Å². The molecular weight excluding hydrogens is 224 g/mol. The molecule has 0 fully saturated rings. The Hall–Kier alpha value is -0.900. The van der Waals surface area contributed by atoms with Gasteiger partial charge in [0, 0.05) is 0 Å². The average molecular weight is 240 g/mol. The van der Waals surface area contributed by atoms with Crippen LogP contribution in [-0.2, 0) is 9.59 Å². The van der Waals surface area contributed by atoms with Crippen LogP contribution in [0, 0.1) is 0 Å². The van der Waals surface area contributed by atoms with Gasteiger partial charge in [0.15, 0.2) is 12.1 Å². The first-order valence-electron chi connectivity index (χ1n) is 4.29. The number of carbonyl (C=O) groups excluding carboxylic acids is 2. The molecule has 6 N–H and O–H groups in total. The van der Waals surface area contributed by atoms with Crippen molar-refractivity contribution in [1.82, 2.24) is 0 Å². The summed E-state index contributed by atoms with van der Waals surface area (Å²) in [7, 11) is 0. The molecule has 0 aliphatic carbocycles. The smallest absolute Gasteiger partial charge is 0.188 e. The molecule has 0 heterocycles. The Bertz CT molecular complexity index is 194. The first-order chi connectivity index (χ1) is 7.44. The van der Waals surface area contributed by atoms with Crippen molar-refractivity contribution in [1.29, 1.82) is 0 Å². The summed E-state index contributed by atoms with van der Waals surface area (Å²) in [4.78, 5) is 19.7. The number of carbonyl (C=O) groups is 2. The van der Waals surface area contributed by atoms with E-state index >= 15 is 0 Å². The first kappa shape index (κ1) is 17.5. The monoisotopic (exact) mass is 240 g/mol. The minimum absolute atomic E-state index is 0.168. The number of aliphatic hydroxyl groups excluding tert-OH is 6. The molecule has 0 bridgehead atoms. The summed E-state index contributed by atoms with van der Waals surface area (Å²) in [5, 5.41) is 49.2. The van der Waals surface area contributed by atoms with Crippen molar-refractivity contribution < 1.29 is 40.2 Å². The van der Waals surface area contributed by atoms with E-state index in [0.29, 0.717) is 0 Å². The van der Waals surface area contributed by atoms with Crippen LogP contribution in [0.25, 0.3) is 0 Å². The number of rotatable bonds is 6. The summed E-state index contributed by atoms with van der Waals surface area (Å²) < 4.78 is 0. The standard InChI is InChI=1S/2C4H8O4/c2*5-1-3(7)4(8)2-6/h3,5-7H,1-2H2;1,3-4,6-8H,2H2/t3-;3-,4-/m11/s1. The van der Waals surface area contributed by atoms with E-state index in [-0.39, 0.29) is 6.29 Å². The first-order valence-corrected chi connectivity index (χ1v) is 4.29. The number of hydrogen-bond donors (Lipinski definition) is 6. The molecule has 96 valence electrons. The highest BCUT2D eigenvalue weighted by molar-refractivity contribution is 5.83. The van der Waals surface area contributed by atoms with Gasteiger partial charge in [-0.1, -0.05) is 0 Å². The van der Waals surface area contributed by atoms with Gasteiger partial charge in [0.25, 0.3) is 0 Å². The molecule has 0 aromatic heterocycles. The second kappa shape index (κ2) is 10.6. The number of hydrogen-bond acceptors (Lipinski definition) is 8. The van der Waals surface area contributed by atoms with Crippen molar-refractivity contribution in [3.8, 4) is 0 Å². The predicted molar refractivity (Wildman–Crippen MR) is 50.3 cm³/mol.